The van der Waals surface area contributed by atoms with E-state index in [0.29, 0.717) is 17.0 Å². The van der Waals surface area contributed by atoms with Crippen molar-refractivity contribution in [2.45, 2.75) is 6.92 Å². The SMILES string of the molecule is Cc1cc(NC(=O)Nc2ccc(Br)n3ccnc23)on1. The third-order valence-electron chi connectivity index (χ3n) is 2.61. The summed E-state index contributed by atoms with van der Waals surface area (Å²) in [4.78, 5) is 16.1. The smallest absolute Gasteiger partial charge is 0.326 e. The lowest BCUT2D eigenvalue weighted by Gasteiger charge is -2.07. The maximum absolute atomic E-state index is 11.9. The van der Waals surface area contributed by atoms with Crippen molar-refractivity contribution in [2.75, 3.05) is 10.6 Å². The van der Waals surface area contributed by atoms with E-state index in [1.165, 1.54) is 0 Å². The number of pyridine rings is 1. The van der Waals surface area contributed by atoms with E-state index in [4.69, 9.17) is 4.52 Å². The highest BCUT2D eigenvalue weighted by Crippen LogP contribution is 2.21. The first-order chi connectivity index (χ1) is 9.63. The van der Waals surface area contributed by atoms with Crippen LogP contribution in [-0.2, 0) is 0 Å². The molecule has 102 valence electrons. The topological polar surface area (TPSA) is 84.5 Å². The zero-order chi connectivity index (χ0) is 14.1. The molecule has 0 saturated heterocycles. The average Bonchev–Trinajstić information content (AvgIpc) is 3.02. The van der Waals surface area contributed by atoms with Crippen LogP contribution in [0.3, 0.4) is 0 Å². The number of imidazole rings is 1. The number of aromatic nitrogens is 3. The van der Waals surface area contributed by atoms with Gasteiger partial charge in [0, 0.05) is 18.5 Å². The van der Waals surface area contributed by atoms with Crippen molar-refractivity contribution in [3.8, 4) is 0 Å². The van der Waals surface area contributed by atoms with Gasteiger partial charge in [-0.3, -0.25) is 9.72 Å². The summed E-state index contributed by atoms with van der Waals surface area (Å²) >= 11 is 3.40. The van der Waals surface area contributed by atoms with Gasteiger partial charge in [0.25, 0.3) is 0 Å². The molecule has 0 aliphatic rings. The molecule has 0 aromatic carbocycles. The van der Waals surface area contributed by atoms with E-state index in [0.717, 1.165) is 4.60 Å². The summed E-state index contributed by atoms with van der Waals surface area (Å²) in [5, 5.41) is 8.96. The molecule has 0 unspecified atom stereocenters. The van der Waals surface area contributed by atoms with Crippen molar-refractivity contribution in [2.24, 2.45) is 0 Å². The molecule has 3 heterocycles. The number of aryl methyl sites for hydroxylation is 1. The fourth-order valence-corrected chi connectivity index (χ4v) is 2.19. The molecule has 20 heavy (non-hydrogen) atoms. The first-order valence-electron chi connectivity index (χ1n) is 5.76. The van der Waals surface area contributed by atoms with E-state index in [1.54, 1.807) is 31.5 Å². The summed E-state index contributed by atoms with van der Waals surface area (Å²) in [6.45, 7) is 1.77. The highest BCUT2D eigenvalue weighted by Gasteiger charge is 2.10. The van der Waals surface area contributed by atoms with Gasteiger partial charge in [-0.25, -0.2) is 9.78 Å². The lowest BCUT2D eigenvalue weighted by Crippen LogP contribution is -2.19. The van der Waals surface area contributed by atoms with Crippen LogP contribution >= 0.6 is 15.9 Å². The Balaban J connectivity index is 1.81. The van der Waals surface area contributed by atoms with Crippen LogP contribution in [0.25, 0.3) is 5.65 Å². The van der Waals surface area contributed by atoms with Gasteiger partial charge in [-0.15, -0.1) is 0 Å². The molecule has 0 atom stereocenters. The van der Waals surface area contributed by atoms with E-state index in [-0.39, 0.29) is 5.88 Å². The number of anilines is 2. The summed E-state index contributed by atoms with van der Waals surface area (Å²) in [6, 6.07) is 4.79. The monoisotopic (exact) mass is 335 g/mol. The molecule has 7 nitrogen and oxygen atoms in total. The van der Waals surface area contributed by atoms with E-state index >= 15 is 0 Å². The molecule has 3 aromatic heterocycles. The number of nitrogens with zero attached hydrogens (tertiary/aromatic N) is 3. The predicted octanol–water partition coefficient (Wildman–Crippen LogP) is 3.04. The summed E-state index contributed by atoms with van der Waals surface area (Å²) in [5.74, 6) is 0.288. The molecule has 0 spiro atoms. The Bertz CT molecular complexity index is 779. The normalized spacial score (nSPS) is 10.7. The third-order valence-corrected chi connectivity index (χ3v) is 3.26. The van der Waals surface area contributed by atoms with Crippen molar-refractivity contribution in [3.05, 3.63) is 40.9 Å². The largest absolute Gasteiger partial charge is 0.338 e. The number of nitrogens with one attached hydrogen (secondary N) is 2. The number of urea groups is 1. The molecule has 0 fully saturated rings. The van der Waals surface area contributed by atoms with Crippen molar-refractivity contribution in [1.82, 2.24) is 14.5 Å². The molecule has 0 aliphatic carbocycles. The standard InChI is InChI=1S/C12H10BrN5O2/c1-7-6-10(20-17-7)16-12(19)15-8-2-3-9(13)18-5-4-14-11(8)18/h2-6H,1H3,(H2,15,16,19). The van der Waals surface area contributed by atoms with Gasteiger partial charge in [-0.1, -0.05) is 5.16 Å². The fraction of sp³-hybridized carbons (Fsp3) is 0.0833. The van der Waals surface area contributed by atoms with Crippen LogP contribution in [-0.4, -0.2) is 20.6 Å². The van der Waals surface area contributed by atoms with Gasteiger partial charge in [0.1, 0.15) is 0 Å². The molecule has 2 amide bonds. The Morgan fingerprint density at radius 3 is 3.00 bits per heavy atom. The van der Waals surface area contributed by atoms with E-state index in [2.05, 4.69) is 36.7 Å². The fourth-order valence-electron chi connectivity index (χ4n) is 1.77. The van der Waals surface area contributed by atoms with Crippen LogP contribution in [0.5, 0.6) is 0 Å². The van der Waals surface area contributed by atoms with Crippen molar-refractivity contribution < 1.29 is 9.32 Å². The zero-order valence-electron chi connectivity index (χ0n) is 10.4. The second-order valence-corrected chi connectivity index (χ2v) is 4.91. The number of amides is 2. The highest BCUT2D eigenvalue weighted by atomic mass is 79.9. The lowest BCUT2D eigenvalue weighted by atomic mass is 10.4. The van der Waals surface area contributed by atoms with Gasteiger partial charge >= 0.3 is 6.03 Å². The predicted molar refractivity (Wildman–Crippen MR) is 76.8 cm³/mol. The molecular formula is C12H10BrN5O2. The first kappa shape index (κ1) is 12.7. The van der Waals surface area contributed by atoms with E-state index < -0.39 is 6.03 Å². The molecule has 0 aliphatic heterocycles. The maximum atomic E-state index is 11.9. The van der Waals surface area contributed by atoms with Crippen LogP contribution in [0.4, 0.5) is 16.4 Å². The minimum absolute atomic E-state index is 0.288. The molecular weight excluding hydrogens is 326 g/mol. The van der Waals surface area contributed by atoms with Gasteiger partial charge in [-0.05, 0) is 35.0 Å². The Labute approximate surface area is 122 Å². The van der Waals surface area contributed by atoms with Crippen LogP contribution in [0.2, 0.25) is 0 Å². The molecule has 2 N–H and O–H groups in total. The molecule has 0 saturated carbocycles. The minimum atomic E-state index is -0.423. The van der Waals surface area contributed by atoms with Gasteiger partial charge in [0.2, 0.25) is 5.88 Å². The second-order valence-electron chi connectivity index (χ2n) is 4.10. The summed E-state index contributed by atoms with van der Waals surface area (Å²) in [6.07, 6.45) is 3.45. The minimum Gasteiger partial charge on any atom is -0.338 e. The number of hydrogen-bond acceptors (Lipinski definition) is 4. The van der Waals surface area contributed by atoms with Crippen LogP contribution < -0.4 is 10.6 Å². The third kappa shape index (κ3) is 2.37. The number of carbonyl (C=O) groups excluding carboxylic acids is 1. The molecule has 8 heteroatoms. The molecule has 0 bridgehead atoms. The first-order valence-corrected chi connectivity index (χ1v) is 6.55. The van der Waals surface area contributed by atoms with Crippen LogP contribution in [0.15, 0.2) is 39.7 Å². The van der Waals surface area contributed by atoms with Crippen molar-refractivity contribution in [1.29, 1.82) is 0 Å². The number of halogens is 1. The maximum Gasteiger partial charge on any atom is 0.326 e. The summed E-state index contributed by atoms with van der Waals surface area (Å²) in [7, 11) is 0. The Morgan fingerprint density at radius 2 is 2.25 bits per heavy atom. The lowest BCUT2D eigenvalue weighted by molar-refractivity contribution is 0.261. The van der Waals surface area contributed by atoms with Crippen LogP contribution in [0, 0.1) is 6.92 Å². The van der Waals surface area contributed by atoms with Gasteiger partial charge < -0.3 is 9.84 Å². The van der Waals surface area contributed by atoms with E-state index in [1.807, 2.05) is 10.5 Å². The van der Waals surface area contributed by atoms with Crippen molar-refractivity contribution in [3.63, 3.8) is 0 Å². The number of carbonyl (C=O) groups is 1. The Hall–Kier alpha value is -2.35. The van der Waals surface area contributed by atoms with Crippen LogP contribution in [0.1, 0.15) is 5.69 Å². The number of rotatable bonds is 2. The quantitative estimate of drug-likeness (QED) is 0.705. The Kier molecular flexibility index (Phi) is 3.15. The second kappa shape index (κ2) is 4.97. The molecule has 0 radical (unpaired) electrons. The number of fused-ring (bicyclic) bond motifs is 1. The summed E-state index contributed by atoms with van der Waals surface area (Å²) in [5.41, 5.74) is 1.93. The van der Waals surface area contributed by atoms with Crippen molar-refractivity contribution >= 4 is 39.2 Å². The molecule has 3 aromatic rings. The molecule has 3 rings (SSSR count). The summed E-state index contributed by atoms with van der Waals surface area (Å²) < 4.78 is 7.58. The zero-order valence-corrected chi connectivity index (χ0v) is 12.0. The van der Waals surface area contributed by atoms with Gasteiger partial charge in [0.05, 0.1) is 16.0 Å². The average molecular weight is 336 g/mol. The van der Waals surface area contributed by atoms with E-state index in [9.17, 15) is 4.79 Å². The van der Waals surface area contributed by atoms with Gasteiger partial charge in [-0.2, -0.15) is 0 Å². The van der Waals surface area contributed by atoms with Gasteiger partial charge in [0.15, 0.2) is 5.65 Å². The Morgan fingerprint density at radius 1 is 1.40 bits per heavy atom. The number of hydrogen-bond donors (Lipinski definition) is 2. The highest BCUT2D eigenvalue weighted by molar-refractivity contribution is 9.10.